The van der Waals surface area contributed by atoms with Gasteiger partial charge in [-0.3, -0.25) is 0 Å². The van der Waals surface area contributed by atoms with Gasteiger partial charge in [0.1, 0.15) is 0 Å². The van der Waals surface area contributed by atoms with Crippen molar-refractivity contribution < 1.29 is 0 Å². The van der Waals surface area contributed by atoms with Crippen LogP contribution in [0.15, 0.2) is 23.1 Å². The Labute approximate surface area is 104 Å². The molecule has 1 nitrogen and oxygen atoms in total. The van der Waals surface area contributed by atoms with E-state index < -0.39 is 0 Å². The summed E-state index contributed by atoms with van der Waals surface area (Å²) in [7, 11) is 0. The molecule has 0 amide bonds. The molecule has 2 N–H and O–H groups in total. The Bertz CT molecular complexity index is 321. The number of aryl methyl sites for hydroxylation is 1. The monoisotopic (exact) mass is 237 g/mol. The van der Waals surface area contributed by atoms with Gasteiger partial charge < -0.3 is 5.73 Å². The van der Waals surface area contributed by atoms with Crippen LogP contribution >= 0.6 is 11.8 Å². The maximum Gasteiger partial charge on any atom is 0.00747 e. The maximum absolute atomic E-state index is 5.58. The standard InChI is InChI=1S/C14H23NS/c1-11(2)7-9-16-14-5-4-13(6-8-15)12(3)10-14/h4-5,10-11H,6-9,15H2,1-3H3. The Hall–Kier alpha value is -0.470. The number of nitrogens with two attached hydrogens (primary N) is 1. The zero-order chi connectivity index (χ0) is 12.0. The summed E-state index contributed by atoms with van der Waals surface area (Å²) >= 11 is 1.96. The lowest BCUT2D eigenvalue weighted by molar-refractivity contribution is 0.632. The first kappa shape index (κ1) is 13.6. The van der Waals surface area contributed by atoms with Gasteiger partial charge in [-0.05, 0) is 61.2 Å². The molecule has 0 spiro atoms. The Morgan fingerprint density at radius 3 is 2.62 bits per heavy atom. The molecule has 0 aliphatic heterocycles. The van der Waals surface area contributed by atoms with E-state index in [-0.39, 0.29) is 0 Å². The van der Waals surface area contributed by atoms with Gasteiger partial charge in [0.15, 0.2) is 0 Å². The van der Waals surface area contributed by atoms with Crippen molar-refractivity contribution in [1.82, 2.24) is 0 Å². The van der Waals surface area contributed by atoms with E-state index in [1.165, 1.54) is 28.2 Å². The predicted molar refractivity (Wildman–Crippen MR) is 74.1 cm³/mol. The van der Waals surface area contributed by atoms with E-state index in [1.807, 2.05) is 11.8 Å². The molecule has 0 saturated heterocycles. The summed E-state index contributed by atoms with van der Waals surface area (Å²) in [6, 6.07) is 6.73. The minimum Gasteiger partial charge on any atom is -0.330 e. The first-order valence-electron chi connectivity index (χ1n) is 6.06. The highest BCUT2D eigenvalue weighted by atomic mass is 32.2. The summed E-state index contributed by atoms with van der Waals surface area (Å²) in [4.78, 5) is 1.39. The van der Waals surface area contributed by atoms with Crippen LogP contribution in [0.5, 0.6) is 0 Å². The predicted octanol–water partition coefficient (Wildman–Crippen LogP) is 3.63. The van der Waals surface area contributed by atoms with E-state index in [0.29, 0.717) is 0 Å². The van der Waals surface area contributed by atoms with Gasteiger partial charge in [0.25, 0.3) is 0 Å². The molecule has 1 aromatic rings. The van der Waals surface area contributed by atoms with Gasteiger partial charge in [0, 0.05) is 4.90 Å². The molecule has 2 heteroatoms. The highest BCUT2D eigenvalue weighted by molar-refractivity contribution is 7.99. The lowest BCUT2D eigenvalue weighted by atomic mass is 10.1. The van der Waals surface area contributed by atoms with Crippen LogP contribution in [0.25, 0.3) is 0 Å². The fraction of sp³-hybridized carbons (Fsp3) is 0.571. The van der Waals surface area contributed by atoms with Crippen molar-refractivity contribution in [2.24, 2.45) is 11.7 Å². The number of hydrogen-bond donors (Lipinski definition) is 1. The number of thioether (sulfide) groups is 1. The van der Waals surface area contributed by atoms with Crippen LogP contribution < -0.4 is 5.73 Å². The second-order valence-corrected chi connectivity index (χ2v) is 5.83. The van der Waals surface area contributed by atoms with Crippen molar-refractivity contribution in [3.05, 3.63) is 29.3 Å². The first-order valence-corrected chi connectivity index (χ1v) is 7.04. The summed E-state index contributed by atoms with van der Waals surface area (Å²) in [6.45, 7) is 7.46. The molecule has 90 valence electrons. The van der Waals surface area contributed by atoms with Gasteiger partial charge >= 0.3 is 0 Å². The highest BCUT2D eigenvalue weighted by Crippen LogP contribution is 2.23. The van der Waals surface area contributed by atoms with Gasteiger partial charge in [0.2, 0.25) is 0 Å². The molecule has 0 unspecified atom stereocenters. The van der Waals surface area contributed by atoms with Gasteiger partial charge in [-0.15, -0.1) is 11.8 Å². The largest absolute Gasteiger partial charge is 0.330 e. The topological polar surface area (TPSA) is 26.0 Å². The van der Waals surface area contributed by atoms with E-state index in [1.54, 1.807) is 0 Å². The molecule has 0 bridgehead atoms. The minimum atomic E-state index is 0.737. The Balaban J connectivity index is 2.52. The molecule has 0 aliphatic rings. The van der Waals surface area contributed by atoms with E-state index in [2.05, 4.69) is 39.0 Å². The van der Waals surface area contributed by atoms with Crippen molar-refractivity contribution in [2.45, 2.75) is 38.5 Å². The Morgan fingerprint density at radius 2 is 2.06 bits per heavy atom. The normalized spacial score (nSPS) is 11.1. The van der Waals surface area contributed by atoms with Crippen LogP contribution in [0.2, 0.25) is 0 Å². The molecular formula is C14H23NS. The number of benzene rings is 1. The van der Waals surface area contributed by atoms with Crippen LogP contribution in [-0.2, 0) is 6.42 Å². The van der Waals surface area contributed by atoms with Crippen LogP contribution in [0.3, 0.4) is 0 Å². The third-order valence-electron chi connectivity index (χ3n) is 2.69. The van der Waals surface area contributed by atoms with Gasteiger partial charge in [-0.25, -0.2) is 0 Å². The van der Waals surface area contributed by atoms with E-state index >= 15 is 0 Å². The van der Waals surface area contributed by atoms with Crippen LogP contribution in [0, 0.1) is 12.8 Å². The molecule has 1 rings (SSSR count). The quantitative estimate of drug-likeness (QED) is 0.765. The summed E-state index contributed by atoms with van der Waals surface area (Å²) in [5.41, 5.74) is 8.34. The van der Waals surface area contributed by atoms with Crippen molar-refractivity contribution in [3.8, 4) is 0 Å². The molecular weight excluding hydrogens is 214 g/mol. The molecule has 0 aliphatic carbocycles. The average molecular weight is 237 g/mol. The van der Waals surface area contributed by atoms with Gasteiger partial charge in [-0.1, -0.05) is 19.9 Å². The van der Waals surface area contributed by atoms with E-state index in [0.717, 1.165) is 18.9 Å². The molecule has 16 heavy (non-hydrogen) atoms. The fourth-order valence-corrected chi connectivity index (χ4v) is 2.86. The zero-order valence-corrected chi connectivity index (χ0v) is 11.4. The van der Waals surface area contributed by atoms with Crippen molar-refractivity contribution in [1.29, 1.82) is 0 Å². The SMILES string of the molecule is Cc1cc(SCCC(C)C)ccc1CCN. The zero-order valence-electron chi connectivity index (χ0n) is 10.6. The molecule has 0 radical (unpaired) electrons. The summed E-state index contributed by atoms with van der Waals surface area (Å²) in [5.74, 6) is 2.01. The molecule has 0 fully saturated rings. The van der Waals surface area contributed by atoms with Crippen LogP contribution in [0.4, 0.5) is 0 Å². The second-order valence-electron chi connectivity index (χ2n) is 4.66. The molecule has 0 aromatic heterocycles. The summed E-state index contributed by atoms with van der Waals surface area (Å²) in [5, 5.41) is 0. The second kappa shape index (κ2) is 6.97. The Kier molecular flexibility index (Phi) is 5.93. The lowest BCUT2D eigenvalue weighted by Crippen LogP contribution is -2.04. The third-order valence-corrected chi connectivity index (χ3v) is 3.72. The smallest absolute Gasteiger partial charge is 0.00747 e. The molecule has 0 atom stereocenters. The van der Waals surface area contributed by atoms with Crippen molar-refractivity contribution in [3.63, 3.8) is 0 Å². The van der Waals surface area contributed by atoms with Crippen LogP contribution in [-0.4, -0.2) is 12.3 Å². The third kappa shape index (κ3) is 4.58. The van der Waals surface area contributed by atoms with E-state index in [4.69, 9.17) is 5.73 Å². The van der Waals surface area contributed by atoms with Crippen LogP contribution in [0.1, 0.15) is 31.4 Å². The van der Waals surface area contributed by atoms with Gasteiger partial charge in [0.05, 0.1) is 0 Å². The summed E-state index contributed by atoms with van der Waals surface area (Å²) in [6.07, 6.45) is 2.27. The maximum atomic E-state index is 5.58. The highest BCUT2D eigenvalue weighted by Gasteiger charge is 2.01. The summed E-state index contributed by atoms with van der Waals surface area (Å²) < 4.78 is 0. The fourth-order valence-electron chi connectivity index (χ4n) is 1.61. The first-order chi connectivity index (χ1) is 7.63. The average Bonchev–Trinajstić information content (AvgIpc) is 2.21. The minimum absolute atomic E-state index is 0.737. The molecule has 1 aromatic carbocycles. The van der Waals surface area contributed by atoms with Gasteiger partial charge in [-0.2, -0.15) is 0 Å². The lowest BCUT2D eigenvalue weighted by Gasteiger charge is -2.08. The van der Waals surface area contributed by atoms with Crippen molar-refractivity contribution in [2.75, 3.05) is 12.3 Å². The number of rotatable bonds is 6. The van der Waals surface area contributed by atoms with E-state index in [9.17, 15) is 0 Å². The Morgan fingerprint density at radius 1 is 1.31 bits per heavy atom. The van der Waals surface area contributed by atoms with Crippen molar-refractivity contribution >= 4 is 11.8 Å². The molecule has 0 saturated carbocycles. The number of hydrogen-bond acceptors (Lipinski definition) is 2. The molecule has 0 heterocycles.